The van der Waals surface area contributed by atoms with Gasteiger partial charge in [-0.2, -0.15) is 0 Å². The van der Waals surface area contributed by atoms with Crippen molar-refractivity contribution in [2.45, 2.75) is 18.9 Å². The summed E-state index contributed by atoms with van der Waals surface area (Å²) >= 11 is 0. The average Bonchev–Trinajstić information content (AvgIpc) is 3.06. The minimum Gasteiger partial charge on any atom is -0.465 e. The smallest absolute Gasteiger partial charge is 0.327 e. The number of amides is 3. The largest absolute Gasteiger partial charge is 0.465 e. The summed E-state index contributed by atoms with van der Waals surface area (Å²) in [7, 11) is 0. The Morgan fingerprint density at radius 3 is 2.63 bits per heavy atom. The van der Waals surface area contributed by atoms with Crippen molar-refractivity contribution < 1.29 is 18.8 Å². The maximum absolute atomic E-state index is 11.3. The third-order valence-electron chi connectivity index (χ3n) is 2.36. The lowest BCUT2D eigenvalue weighted by Crippen LogP contribution is -2.48. The molecule has 1 aliphatic carbocycles. The van der Waals surface area contributed by atoms with Gasteiger partial charge in [0.15, 0.2) is 0 Å². The molecule has 1 heterocycles. The Morgan fingerprint density at radius 1 is 1.21 bits per heavy atom. The quantitative estimate of drug-likeness (QED) is 0.396. The Kier molecular flexibility index (Phi) is 3.97. The van der Waals surface area contributed by atoms with Crippen molar-refractivity contribution in [1.82, 2.24) is 16.2 Å². The predicted octanol–water partition coefficient (Wildman–Crippen LogP) is -0.281. The maximum atomic E-state index is 11.3. The molecule has 0 aliphatic heterocycles. The van der Waals surface area contributed by atoms with Crippen LogP contribution in [-0.4, -0.2) is 23.8 Å². The highest BCUT2D eigenvalue weighted by Gasteiger charge is 2.26. The summed E-state index contributed by atoms with van der Waals surface area (Å²) in [5.41, 5.74) is 4.10. The monoisotopic (exact) mass is 263 g/mol. The number of hydrazine groups is 1. The number of hydrogen-bond donors (Lipinski definition) is 3. The molecule has 3 amide bonds. The molecule has 3 N–H and O–H groups in total. The van der Waals surface area contributed by atoms with Crippen LogP contribution in [0.3, 0.4) is 0 Å². The lowest BCUT2D eigenvalue weighted by Gasteiger charge is -2.05. The summed E-state index contributed by atoms with van der Waals surface area (Å²) in [4.78, 5) is 33.8. The topological polar surface area (TPSA) is 100 Å². The van der Waals surface area contributed by atoms with Crippen LogP contribution in [0.1, 0.15) is 18.6 Å². The van der Waals surface area contributed by atoms with Crippen LogP contribution in [-0.2, 0) is 14.4 Å². The molecule has 2 rings (SSSR count). The van der Waals surface area contributed by atoms with Gasteiger partial charge in [-0.15, -0.1) is 0 Å². The van der Waals surface area contributed by atoms with Crippen molar-refractivity contribution in [3.05, 3.63) is 30.2 Å². The van der Waals surface area contributed by atoms with Crippen molar-refractivity contribution in [3.63, 3.8) is 0 Å². The molecule has 1 aromatic heterocycles. The number of nitrogens with one attached hydrogen (secondary N) is 3. The van der Waals surface area contributed by atoms with Gasteiger partial charge in [0, 0.05) is 12.1 Å². The number of hydrogen-bond acceptors (Lipinski definition) is 4. The van der Waals surface area contributed by atoms with E-state index in [4.69, 9.17) is 4.42 Å². The SMILES string of the molecule is O=C(/C=C/c1ccco1)NNC(=O)C(=O)NC1CC1. The summed E-state index contributed by atoms with van der Waals surface area (Å²) in [6.45, 7) is 0. The maximum Gasteiger partial charge on any atom is 0.327 e. The van der Waals surface area contributed by atoms with Gasteiger partial charge in [0.25, 0.3) is 5.91 Å². The fourth-order valence-corrected chi connectivity index (χ4v) is 1.24. The summed E-state index contributed by atoms with van der Waals surface area (Å²) in [6.07, 6.45) is 5.86. The van der Waals surface area contributed by atoms with Gasteiger partial charge in [-0.25, -0.2) is 0 Å². The van der Waals surface area contributed by atoms with E-state index in [1.165, 1.54) is 18.4 Å². The Morgan fingerprint density at radius 2 is 2.00 bits per heavy atom. The Labute approximate surface area is 109 Å². The van der Waals surface area contributed by atoms with Gasteiger partial charge in [-0.1, -0.05) is 0 Å². The fraction of sp³-hybridized carbons (Fsp3) is 0.250. The second-order valence-electron chi connectivity index (χ2n) is 4.04. The van der Waals surface area contributed by atoms with Gasteiger partial charge in [0.1, 0.15) is 5.76 Å². The summed E-state index contributed by atoms with van der Waals surface area (Å²) in [5, 5.41) is 2.50. The number of carbonyl (C=O) groups excluding carboxylic acids is 3. The first kappa shape index (κ1) is 12.9. The molecule has 1 saturated carbocycles. The van der Waals surface area contributed by atoms with Crippen LogP contribution in [0.4, 0.5) is 0 Å². The molecule has 0 saturated heterocycles. The standard InChI is InChI=1S/C12H13N3O4/c16-10(6-5-9-2-1-7-19-9)14-15-12(18)11(17)13-8-3-4-8/h1-2,5-8H,3-4H2,(H,13,17)(H,14,16)(H,15,18)/b6-5+. The minimum atomic E-state index is -0.897. The number of furan rings is 1. The van der Waals surface area contributed by atoms with Gasteiger partial charge < -0.3 is 9.73 Å². The predicted molar refractivity (Wildman–Crippen MR) is 65.2 cm³/mol. The van der Waals surface area contributed by atoms with Crippen LogP contribution in [0.5, 0.6) is 0 Å². The third-order valence-corrected chi connectivity index (χ3v) is 2.36. The van der Waals surface area contributed by atoms with Crippen LogP contribution in [0, 0.1) is 0 Å². The highest BCUT2D eigenvalue weighted by Crippen LogP contribution is 2.18. The zero-order valence-corrected chi connectivity index (χ0v) is 10.0. The van der Waals surface area contributed by atoms with E-state index >= 15 is 0 Å². The van der Waals surface area contributed by atoms with E-state index in [0.29, 0.717) is 5.76 Å². The Hall–Kier alpha value is -2.57. The van der Waals surface area contributed by atoms with Gasteiger partial charge in [-0.05, 0) is 31.1 Å². The first-order valence-electron chi connectivity index (χ1n) is 5.77. The molecule has 100 valence electrons. The van der Waals surface area contributed by atoms with E-state index in [9.17, 15) is 14.4 Å². The zero-order valence-electron chi connectivity index (χ0n) is 10.0. The van der Waals surface area contributed by atoms with Crippen molar-refractivity contribution in [3.8, 4) is 0 Å². The van der Waals surface area contributed by atoms with Crippen molar-refractivity contribution >= 4 is 23.8 Å². The average molecular weight is 263 g/mol. The molecule has 19 heavy (non-hydrogen) atoms. The van der Waals surface area contributed by atoms with Crippen LogP contribution in [0.15, 0.2) is 28.9 Å². The molecule has 1 aliphatic rings. The molecule has 1 aromatic rings. The van der Waals surface area contributed by atoms with E-state index < -0.39 is 17.7 Å². The molecule has 7 heteroatoms. The fourth-order valence-electron chi connectivity index (χ4n) is 1.24. The van der Waals surface area contributed by atoms with Crippen LogP contribution >= 0.6 is 0 Å². The molecule has 0 atom stereocenters. The van der Waals surface area contributed by atoms with E-state index in [2.05, 4.69) is 10.7 Å². The first-order chi connectivity index (χ1) is 9.15. The van der Waals surface area contributed by atoms with E-state index in [-0.39, 0.29) is 6.04 Å². The van der Waals surface area contributed by atoms with Gasteiger partial charge in [0.05, 0.1) is 6.26 Å². The lowest BCUT2D eigenvalue weighted by molar-refractivity contribution is -0.140. The first-order valence-corrected chi connectivity index (χ1v) is 5.77. The van der Waals surface area contributed by atoms with Crippen LogP contribution in [0.25, 0.3) is 6.08 Å². The minimum absolute atomic E-state index is 0.0906. The highest BCUT2D eigenvalue weighted by molar-refractivity contribution is 6.35. The summed E-state index contributed by atoms with van der Waals surface area (Å²) in [5.74, 6) is -1.71. The zero-order chi connectivity index (χ0) is 13.7. The third kappa shape index (κ3) is 4.30. The molecule has 0 aromatic carbocycles. The summed E-state index contributed by atoms with van der Waals surface area (Å²) < 4.78 is 4.98. The Balaban J connectivity index is 1.70. The van der Waals surface area contributed by atoms with Gasteiger partial charge in [0.2, 0.25) is 0 Å². The van der Waals surface area contributed by atoms with E-state index in [1.54, 1.807) is 12.1 Å². The van der Waals surface area contributed by atoms with E-state index in [1.807, 2.05) is 5.43 Å². The molecule has 1 fully saturated rings. The molecule has 0 unspecified atom stereocenters. The molecule has 0 radical (unpaired) electrons. The lowest BCUT2D eigenvalue weighted by atomic mass is 10.4. The number of rotatable bonds is 3. The normalized spacial score (nSPS) is 14.1. The van der Waals surface area contributed by atoms with Crippen LogP contribution in [0.2, 0.25) is 0 Å². The van der Waals surface area contributed by atoms with Crippen molar-refractivity contribution in [2.24, 2.45) is 0 Å². The summed E-state index contributed by atoms with van der Waals surface area (Å²) in [6, 6.07) is 3.44. The number of carbonyl (C=O) groups is 3. The molecule has 0 bridgehead atoms. The van der Waals surface area contributed by atoms with Crippen molar-refractivity contribution in [2.75, 3.05) is 0 Å². The van der Waals surface area contributed by atoms with E-state index in [0.717, 1.165) is 12.8 Å². The second-order valence-corrected chi connectivity index (χ2v) is 4.04. The highest BCUT2D eigenvalue weighted by atomic mass is 16.3. The Bertz CT molecular complexity index is 503. The molecule has 0 spiro atoms. The van der Waals surface area contributed by atoms with Gasteiger partial charge in [-0.3, -0.25) is 25.2 Å². The molecular formula is C12H13N3O4. The van der Waals surface area contributed by atoms with Crippen molar-refractivity contribution in [1.29, 1.82) is 0 Å². The second kappa shape index (κ2) is 5.85. The van der Waals surface area contributed by atoms with Gasteiger partial charge >= 0.3 is 11.8 Å². The van der Waals surface area contributed by atoms with Crippen LogP contribution < -0.4 is 16.2 Å². The molecular weight excluding hydrogens is 250 g/mol. The molecule has 7 nitrogen and oxygen atoms in total.